The first-order valence-corrected chi connectivity index (χ1v) is 8.26. The second kappa shape index (κ2) is 7.82. The van der Waals surface area contributed by atoms with Crippen molar-refractivity contribution in [2.75, 3.05) is 11.6 Å². The van der Waals surface area contributed by atoms with Crippen LogP contribution in [0.4, 0.5) is 11.4 Å². The Labute approximate surface area is 164 Å². The van der Waals surface area contributed by atoms with Gasteiger partial charge in [-0.25, -0.2) is 5.01 Å². The number of hydrogen-bond donors (Lipinski definition) is 1. The number of rotatable bonds is 5. The number of hydrazine groups is 1. The fraction of sp³-hybridized carbons (Fsp3) is 0.0526. The van der Waals surface area contributed by atoms with E-state index in [2.05, 4.69) is 11.3 Å². The van der Waals surface area contributed by atoms with E-state index in [9.17, 15) is 19.7 Å². The molecule has 1 aliphatic heterocycles. The van der Waals surface area contributed by atoms with Crippen LogP contribution in [-0.2, 0) is 9.59 Å². The van der Waals surface area contributed by atoms with Gasteiger partial charge in [0.05, 0.1) is 10.6 Å². The Hall–Kier alpha value is -3.83. The summed E-state index contributed by atoms with van der Waals surface area (Å²) in [6.45, 7) is -0.241. The molecule has 3 rings (SSSR count). The molecule has 0 spiro atoms. The van der Waals surface area contributed by atoms with Crippen molar-refractivity contribution in [1.29, 1.82) is 0 Å². The first kappa shape index (κ1) is 18.9. The number of para-hydroxylation sites is 1. The first-order valence-electron chi connectivity index (χ1n) is 7.88. The zero-order valence-corrected chi connectivity index (χ0v) is 15.0. The molecule has 28 heavy (non-hydrogen) atoms. The Balaban J connectivity index is 2.07. The average Bonchev–Trinajstić information content (AvgIpc) is 2.95. The lowest BCUT2D eigenvalue weighted by Gasteiger charge is -2.14. The van der Waals surface area contributed by atoms with Crippen molar-refractivity contribution in [1.82, 2.24) is 5.43 Å². The molecule has 1 saturated heterocycles. The Kier molecular flexibility index (Phi) is 5.29. The Morgan fingerprint density at radius 2 is 2.00 bits per heavy atom. The van der Waals surface area contributed by atoms with E-state index < -0.39 is 22.4 Å². The molecular formula is C19H12ClN3O5. The number of nitrogens with zero attached hydrogens (tertiary/aromatic N) is 2. The number of carbonyl (C=O) groups excluding carboxylic acids is 2. The molecular weight excluding hydrogens is 386 g/mol. The second-order valence-electron chi connectivity index (χ2n) is 5.57. The van der Waals surface area contributed by atoms with E-state index in [0.29, 0.717) is 5.69 Å². The molecule has 0 radical (unpaired) electrons. The van der Waals surface area contributed by atoms with Gasteiger partial charge >= 0.3 is 5.69 Å². The SMILES string of the molecule is C#CCOc1c(C=C2C(=O)NN(c3ccccc3)C2=O)cc(Cl)cc1[N+](=O)[O-]. The summed E-state index contributed by atoms with van der Waals surface area (Å²) in [6, 6.07) is 10.9. The fourth-order valence-electron chi connectivity index (χ4n) is 2.59. The number of halogens is 1. The number of amides is 2. The van der Waals surface area contributed by atoms with Crippen LogP contribution in [0.25, 0.3) is 6.08 Å². The monoisotopic (exact) mass is 397 g/mol. The van der Waals surface area contributed by atoms with Gasteiger partial charge in [0, 0.05) is 16.7 Å². The fourth-order valence-corrected chi connectivity index (χ4v) is 2.81. The van der Waals surface area contributed by atoms with Gasteiger partial charge in [0.2, 0.25) is 5.75 Å². The average molecular weight is 398 g/mol. The molecule has 0 atom stereocenters. The van der Waals surface area contributed by atoms with E-state index in [-0.39, 0.29) is 28.5 Å². The number of ether oxygens (including phenoxy) is 1. The normalized spacial score (nSPS) is 14.7. The molecule has 2 aromatic carbocycles. The molecule has 0 bridgehead atoms. The molecule has 1 fully saturated rings. The van der Waals surface area contributed by atoms with E-state index in [1.165, 1.54) is 12.1 Å². The van der Waals surface area contributed by atoms with Gasteiger partial charge in [0.1, 0.15) is 12.2 Å². The minimum Gasteiger partial charge on any atom is -0.473 e. The zero-order valence-electron chi connectivity index (χ0n) is 14.2. The molecule has 2 amide bonds. The summed E-state index contributed by atoms with van der Waals surface area (Å²) >= 11 is 5.96. The van der Waals surface area contributed by atoms with E-state index in [1.807, 2.05) is 0 Å². The maximum absolute atomic E-state index is 12.7. The van der Waals surface area contributed by atoms with Crippen LogP contribution in [0.2, 0.25) is 5.02 Å². The summed E-state index contributed by atoms with van der Waals surface area (Å²) < 4.78 is 5.29. The van der Waals surface area contributed by atoms with Crippen molar-refractivity contribution in [3.8, 4) is 18.1 Å². The maximum Gasteiger partial charge on any atom is 0.313 e. The van der Waals surface area contributed by atoms with Crippen LogP contribution in [0, 0.1) is 22.5 Å². The lowest BCUT2D eigenvalue weighted by molar-refractivity contribution is -0.385. The molecule has 0 aromatic heterocycles. The van der Waals surface area contributed by atoms with Crippen LogP contribution in [0.5, 0.6) is 5.75 Å². The van der Waals surface area contributed by atoms with Crippen LogP contribution < -0.4 is 15.2 Å². The Morgan fingerprint density at radius 1 is 1.29 bits per heavy atom. The smallest absolute Gasteiger partial charge is 0.313 e. The van der Waals surface area contributed by atoms with Crippen molar-refractivity contribution in [2.24, 2.45) is 0 Å². The van der Waals surface area contributed by atoms with Crippen LogP contribution in [0.3, 0.4) is 0 Å². The molecule has 1 N–H and O–H groups in total. The Morgan fingerprint density at radius 3 is 2.64 bits per heavy atom. The van der Waals surface area contributed by atoms with E-state index in [4.69, 9.17) is 22.8 Å². The first-order chi connectivity index (χ1) is 13.4. The minimum atomic E-state index is -0.688. The minimum absolute atomic E-state index is 0.0392. The highest BCUT2D eigenvalue weighted by Gasteiger charge is 2.35. The molecule has 140 valence electrons. The number of nitro groups is 1. The number of nitro benzene ring substituents is 1. The van der Waals surface area contributed by atoms with Crippen molar-refractivity contribution in [3.63, 3.8) is 0 Å². The summed E-state index contributed by atoms with van der Waals surface area (Å²) in [5, 5.41) is 12.5. The number of hydrogen-bond acceptors (Lipinski definition) is 5. The Bertz CT molecular complexity index is 1040. The van der Waals surface area contributed by atoms with E-state index >= 15 is 0 Å². The number of anilines is 1. The third-order valence-electron chi connectivity index (χ3n) is 3.77. The third kappa shape index (κ3) is 3.65. The van der Waals surface area contributed by atoms with Gasteiger partial charge in [0.15, 0.2) is 0 Å². The van der Waals surface area contributed by atoms with Gasteiger partial charge in [-0.3, -0.25) is 25.1 Å². The van der Waals surface area contributed by atoms with Crippen molar-refractivity contribution >= 4 is 40.9 Å². The molecule has 0 saturated carbocycles. The zero-order chi connectivity index (χ0) is 20.3. The predicted octanol–water partition coefficient (Wildman–Crippen LogP) is 2.72. The molecule has 0 unspecified atom stereocenters. The molecule has 8 nitrogen and oxygen atoms in total. The van der Waals surface area contributed by atoms with Crippen molar-refractivity contribution < 1.29 is 19.2 Å². The summed E-state index contributed by atoms with van der Waals surface area (Å²) in [4.78, 5) is 35.6. The van der Waals surface area contributed by atoms with Gasteiger partial charge < -0.3 is 4.74 Å². The summed E-state index contributed by atoms with van der Waals surface area (Å²) in [5.74, 6) is 0.738. The summed E-state index contributed by atoms with van der Waals surface area (Å²) in [6.07, 6.45) is 6.35. The summed E-state index contributed by atoms with van der Waals surface area (Å²) in [5.41, 5.74) is 2.33. The highest BCUT2D eigenvalue weighted by molar-refractivity contribution is 6.32. The number of benzene rings is 2. The van der Waals surface area contributed by atoms with Gasteiger partial charge in [-0.05, 0) is 24.3 Å². The topological polar surface area (TPSA) is 102 Å². The predicted molar refractivity (Wildman–Crippen MR) is 102 cm³/mol. The molecule has 1 aliphatic rings. The lowest BCUT2D eigenvalue weighted by Crippen LogP contribution is -2.35. The van der Waals surface area contributed by atoms with Crippen molar-refractivity contribution in [2.45, 2.75) is 0 Å². The maximum atomic E-state index is 12.7. The standard InChI is InChI=1S/C19H12ClN3O5/c1-2-8-28-17-12(9-13(20)11-16(17)23(26)27)10-15-18(24)21-22(19(15)25)14-6-4-3-5-7-14/h1,3-7,9-11H,8H2,(H,21,24). The number of terminal acetylenes is 1. The van der Waals surface area contributed by atoms with Gasteiger partial charge in [-0.15, -0.1) is 6.42 Å². The molecule has 2 aromatic rings. The molecule has 1 heterocycles. The van der Waals surface area contributed by atoms with Crippen LogP contribution in [0.1, 0.15) is 5.56 Å². The third-order valence-corrected chi connectivity index (χ3v) is 3.98. The molecule has 0 aliphatic carbocycles. The van der Waals surface area contributed by atoms with Crippen LogP contribution >= 0.6 is 11.6 Å². The van der Waals surface area contributed by atoms with E-state index in [1.54, 1.807) is 30.3 Å². The second-order valence-corrected chi connectivity index (χ2v) is 6.00. The van der Waals surface area contributed by atoms with Gasteiger partial charge in [-0.1, -0.05) is 35.7 Å². The van der Waals surface area contributed by atoms with Crippen LogP contribution in [0.15, 0.2) is 48.0 Å². The lowest BCUT2D eigenvalue weighted by atomic mass is 10.1. The largest absolute Gasteiger partial charge is 0.473 e. The van der Waals surface area contributed by atoms with Crippen molar-refractivity contribution in [3.05, 3.63) is 68.7 Å². The summed E-state index contributed by atoms with van der Waals surface area (Å²) in [7, 11) is 0. The van der Waals surface area contributed by atoms with E-state index in [0.717, 1.165) is 11.1 Å². The van der Waals surface area contributed by atoms with Gasteiger partial charge in [-0.2, -0.15) is 0 Å². The number of nitrogens with one attached hydrogen (secondary N) is 1. The molecule has 9 heteroatoms. The highest BCUT2D eigenvalue weighted by atomic mass is 35.5. The van der Waals surface area contributed by atoms with Gasteiger partial charge in [0.25, 0.3) is 11.8 Å². The quantitative estimate of drug-likeness (QED) is 0.275. The number of carbonyl (C=O) groups is 2. The van der Waals surface area contributed by atoms with Crippen LogP contribution in [-0.4, -0.2) is 23.3 Å². The highest BCUT2D eigenvalue weighted by Crippen LogP contribution is 2.36.